The van der Waals surface area contributed by atoms with Gasteiger partial charge in [-0.1, -0.05) is 19.1 Å². The summed E-state index contributed by atoms with van der Waals surface area (Å²) in [6.45, 7) is 8.01. The van der Waals surface area contributed by atoms with Crippen molar-refractivity contribution in [3.05, 3.63) is 29.8 Å². The van der Waals surface area contributed by atoms with Crippen LogP contribution in [0.4, 0.5) is 5.69 Å². The number of aryl methyl sites for hydroxylation is 1. The minimum atomic E-state index is -2.59. The zero-order valence-corrected chi connectivity index (χ0v) is 21.7. The molecule has 2 saturated heterocycles. The van der Waals surface area contributed by atoms with E-state index in [1.165, 1.54) is 6.92 Å². The highest BCUT2D eigenvalue weighted by Crippen LogP contribution is 2.45. The average Bonchev–Trinajstić information content (AvgIpc) is 3.36. The molecule has 8 nitrogen and oxygen atoms in total. The monoisotopic (exact) mass is 492 g/mol. The molecule has 2 aliphatic heterocycles. The number of ether oxygens (including phenoxy) is 1. The molecule has 0 radical (unpaired) electrons. The fraction of sp³-hybridized carbons (Fsp3) is 0.680. The van der Waals surface area contributed by atoms with E-state index in [2.05, 4.69) is 12.2 Å². The van der Waals surface area contributed by atoms with E-state index in [1.807, 2.05) is 31.3 Å². The number of hydrogen-bond acceptors (Lipinski definition) is 6. The molecule has 9 heteroatoms. The van der Waals surface area contributed by atoms with Crippen LogP contribution in [0.1, 0.15) is 45.1 Å². The van der Waals surface area contributed by atoms with Crippen LogP contribution in [-0.2, 0) is 20.7 Å². The van der Waals surface area contributed by atoms with Crippen LogP contribution in [0.3, 0.4) is 0 Å². The quantitative estimate of drug-likeness (QED) is 0.393. The number of benzene rings is 1. The van der Waals surface area contributed by atoms with Crippen molar-refractivity contribution < 1.29 is 29.3 Å². The van der Waals surface area contributed by atoms with Gasteiger partial charge < -0.3 is 30.0 Å². The third-order valence-corrected chi connectivity index (χ3v) is 9.82. The zero-order chi connectivity index (χ0) is 25.0. The number of carbonyl (C=O) groups excluding carboxylic acids is 2. The number of rotatable bonds is 9. The van der Waals surface area contributed by atoms with E-state index < -0.39 is 20.3 Å². The lowest BCUT2D eigenvalue weighted by atomic mass is 9.95. The summed E-state index contributed by atoms with van der Waals surface area (Å²) < 4.78 is 6.42. The molecule has 0 saturated carbocycles. The molecular formula is C25H40N2O6Si. The second-order valence-electron chi connectivity index (χ2n) is 10.4. The Morgan fingerprint density at radius 2 is 2.03 bits per heavy atom. The second-order valence-corrected chi connectivity index (χ2v) is 14.4. The van der Waals surface area contributed by atoms with Crippen LogP contribution in [0.5, 0.6) is 0 Å². The van der Waals surface area contributed by atoms with Gasteiger partial charge in [-0.15, -0.1) is 0 Å². The third kappa shape index (κ3) is 6.45. The number of hydrogen-bond donors (Lipinski definition) is 4. The first kappa shape index (κ1) is 26.8. The SMILES string of the molecule is C[C@@H]1[C@@H]([Si](C)(C)O)[C@H](CC(=O)N2CCC[C@H]2CO)O[C@@H]1CCc1cccc(NC(=O)[C@H](C)O)c1. The molecule has 0 aromatic heterocycles. The van der Waals surface area contributed by atoms with Gasteiger partial charge >= 0.3 is 0 Å². The molecule has 0 unspecified atom stereocenters. The summed E-state index contributed by atoms with van der Waals surface area (Å²) in [7, 11) is -2.59. The first-order valence-electron chi connectivity index (χ1n) is 12.4. The van der Waals surface area contributed by atoms with Crippen molar-refractivity contribution in [2.24, 2.45) is 5.92 Å². The van der Waals surface area contributed by atoms with Crippen molar-refractivity contribution >= 4 is 25.8 Å². The summed E-state index contributed by atoms with van der Waals surface area (Å²) in [5.41, 5.74) is 1.63. The maximum atomic E-state index is 13.0. The van der Waals surface area contributed by atoms with Crippen molar-refractivity contribution in [3.8, 4) is 0 Å². The van der Waals surface area contributed by atoms with Crippen LogP contribution in [0, 0.1) is 5.92 Å². The van der Waals surface area contributed by atoms with Gasteiger partial charge in [0, 0.05) is 17.8 Å². The van der Waals surface area contributed by atoms with Crippen molar-refractivity contribution in [1.82, 2.24) is 4.90 Å². The summed E-state index contributed by atoms with van der Waals surface area (Å²) in [4.78, 5) is 37.6. The van der Waals surface area contributed by atoms with Crippen LogP contribution >= 0.6 is 0 Å². The minimum Gasteiger partial charge on any atom is -0.432 e. The standard InChI is InChI=1S/C25H40N2O6Si/c1-16-21(11-10-18-7-5-8-19(13-18)26-25(31)17(2)29)33-22(24(16)34(3,4)32)14-23(30)27-12-6-9-20(27)15-28/h5,7-8,13,16-17,20-22,24,28-29,32H,6,9-12,14-15H2,1-4H3,(H,26,31)/t16-,17-,20-,21+,22-,24+/m0/s1. The molecule has 2 aliphatic rings. The molecule has 2 fully saturated rings. The van der Waals surface area contributed by atoms with Gasteiger partial charge in [0.1, 0.15) is 6.10 Å². The molecule has 190 valence electrons. The molecule has 4 N–H and O–H groups in total. The van der Waals surface area contributed by atoms with Crippen molar-refractivity contribution in [3.63, 3.8) is 0 Å². The first-order chi connectivity index (χ1) is 16.0. The number of nitrogens with one attached hydrogen (secondary N) is 1. The predicted octanol–water partition coefficient (Wildman–Crippen LogP) is 2.28. The van der Waals surface area contributed by atoms with Gasteiger partial charge in [-0.2, -0.15) is 0 Å². The number of aliphatic hydroxyl groups is 2. The van der Waals surface area contributed by atoms with Gasteiger partial charge in [0.05, 0.1) is 31.3 Å². The number of anilines is 1. The zero-order valence-electron chi connectivity index (χ0n) is 20.7. The second kappa shape index (κ2) is 11.3. The molecule has 0 bridgehead atoms. The van der Waals surface area contributed by atoms with Gasteiger partial charge in [-0.05, 0) is 69.3 Å². The third-order valence-electron chi connectivity index (χ3n) is 7.29. The van der Waals surface area contributed by atoms with Gasteiger partial charge in [-0.3, -0.25) is 9.59 Å². The molecule has 0 aliphatic carbocycles. The van der Waals surface area contributed by atoms with Gasteiger partial charge in [-0.25, -0.2) is 0 Å². The van der Waals surface area contributed by atoms with Crippen molar-refractivity contribution in [2.75, 3.05) is 18.5 Å². The Labute approximate surface area is 203 Å². The molecule has 34 heavy (non-hydrogen) atoms. The van der Waals surface area contributed by atoms with Crippen molar-refractivity contribution in [2.45, 2.75) is 88.9 Å². The minimum absolute atomic E-state index is 0.000737. The van der Waals surface area contributed by atoms with Gasteiger partial charge in [0.25, 0.3) is 5.91 Å². The number of carbonyl (C=O) groups is 2. The number of nitrogens with zero attached hydrogens (tertiary/aromatic N) is 1. The van der Waals surface area contributed by atoms with Crippen LogP contribution < -0.4 is 5.32 Å². The summed E-state index contributed by atoms with van der Waals surface area (Å²) in [5, 5.41) is 21.7. The highest BCUT2D eigenvalue weighted by atomic mass is 28.4. The van der Waals surface area contributed by atoms with Crippen LogP contribution in [-0.4, -0.2) is 77.5 Å². The maximum Gasteiger partial charge on any atom is 0.252 e. The fourth-order valence-electron chi connectivity index (χ4n) is 5.61. The highest BCUT2D eigenvalue weighted by Gasteiger charge is 2.50. The van der Waals surface area contributed by atoms with E-state index in [9.17, 15) is 24.6 Å². The van der Waals surface area contributed by atoms with E-state index >= 15 is 0 Å². The maximum absolute atomic E-state index is 13.0. The molecule has 2 heterocycles. The van der Waals surface area contributed by atoms with E-state index in [4.69, 9.17) is 4.74 Å². The van der Waals surface area contributed by atoms with E-state index in [1.54, 1.807) is 11.0 Å². The Morgan fingerprint density at radius 3 is 2.68 bits per heavy atom. The van der Waals surface area contributed by atoms with E-state index in [-0.39, 0.29) is 48.6 Å². The lowest BCUT2D eigenvalue weighted by Crippen LogP contribution is -2.43. The van der Waals surface area contributed by atoms with E-state index in [0.29, 0.717) is 12.2 Å². The number of likely N-dealkylation sites (tertiary alicyclic amines) is 1. The molecule has 1 aromatic carbocycles. The molecule has 3 rings (SSSR count). The molecular weight excluding hydrogens is 452 g/mol. The Morgan fingerprint density at radius 1 is 1.29 bits per heavy atom. The molecule has 1 aromatic rings. The molecule has 0 spiro atoms. The smallest absolute Gasteiger partial charge is 0.252 e. The Bertz CT molecular complexity index is 858. The summed E-state index contributed by atoms with van der Waals surface area (Å²) >= 11 is 0. The Kier molecular flexibility index (Phi) is 8.91. The van der Waals surface area contributed by atoms with Crippen LogP contribution in [0.25, 0.3) is 0 Å². The normalized spacial score (nSPS) is 28.2. The van der Waals surface area contributed by atoms with E-state index in [0.717, 1.165) is 31.2 Å². The molecule has 2 amide bonds. The Hall–Kier alpha value is -1.78. The number of aliphatic hydroxyl groups excluding tert-OH is 2. The van der Waals surface area contributed by atoms with Crippen LogP contribution in [0.2, 0.25) is 18.6 Å². The predicted molar refractivity (Wildman–Crippen MR) is 133 cm³/mol. The lowest BCUT2D eigenvalue weighted by molar-refractivity contribution is -0.135. The first-order valence-corrected chi connectivity index (χ1v) is 15.4. The fourth-order valence-corrected chi connectivity index (χ4v) is 8.22. The van der Waals surface area contributed by atoms with Crippen LogP contribution in [0.15, 0.2) is 24.3 Å². The molecule has 6 atom stereocenters. The summed E-state index contributed by atoms with van der Waals surface area (Å²) in [6.07, 6.45) is 1.96. The summed E-state index contributed by atoms with van der Waals surface area (Å²) in [5.74, 6) is -0.328. The Balaban J connectivity index is 1.65. The number of amides is 2. The van der Waals surface area contributed by atoms with Crippen molar-refractivity contribution in [1.29, 1.82) is 0 Å². The lowest BCUT2D eigenvalue weighted by Gasteiger charge is -2.31. The highest BCUT2D eigenvalue weighted by molar-refractivity contribution is 6.71. The summed E-state index contributed by atoms with van der Waals surface area (Å²) in [6, 6.07) is 7.43. The topological polar surface area (TPSA) is 119 Å². The van der Waals surface area contributed by atoms with Gasteiger partial charge in [0.15, 0.2) is 8.32 Å². The van der Waals surface area contributed by atoms with Gasteiger partial charge in [0.2, 0.25) is 5.91 Å². The average molecular weight is 493 g/mol. The largest absolute Gasteiger partial charge is 0.432 e.